The third-order valence-electron chi connectivity index (χ3n) is 3.30. The number of rotatable bonds is 5. The molecule has 3 rings (SSSR count). The number of hydrogen-bond donors (Lipinski definition) is 0. The normalized spacial score (nSPS) is 10.6. The van der Waals surface area contributed by atoms with Crippen LogP contribution in [0.2, 0.25) is 0 Å². The Morgan fingerprint density at radius 1 is 1.09 bits per heavy atom. The highest BCUT2D eigenvalue weighted by Crippen LogP contribution is 2.21. The number of halogens is 1. The lowest BCUT2D eigenvalue weighted by Gasteiger charge is -2.04. The number of aromatic nitrogens is 2. The van der Waals surface area contributed by atoms with Crippen LogP contribution in [0.5, 0.6) is 11.5 Å². The van der Waals surface area contributed by atoms with Crippen molar-refractivity contribution in [2.45, 2.75) is 13.5 Å². The first kappa shape index (κ1) is 15.0. The topological polar surface area (TPSA) is 57.4 Å². The molecule has 0 aliphatic heterocycles. The molecule has 2 aromatic carbocycles. The summed E-state index contributed by atoms with van der Waals surface area (Å²) in [6.07, 6.45) is 0. The summed E-state index contributed by atoms with van der Waals surface area (Å²) in [6.45, 7) is 1.82. The molecule has 3 aromatic rings. The Labute approximate surface area is 132 Å². The molecule has 0 radical (unpaired) electrons. The van der Waals surface area contributed by atoms with Crippen LogP contribution < -0.4 is 9.47 Å². The molecule has 0 unspecified atom stereocenters. The van der Waals surface area contributed by atoms with Crippen molar-refractivity contribution < 1.29 is 18.4 Å². The molecule has 1 aromatic heterocycles. The number of methoxy groups -OCH3 is 1. The van der Waals surface area contributed by atoms with E-state index in [2.05, 4.69) is 10.1 Å². The number of hydrogen-bond acceptors (Lipinski definition) is 5. The van der Waals surface area contributed by atoms with Crippen molar-refractivity contribution in [3.63, 3.8) is 0 Å². The van der Waals surface area contributed by atoms with Crippen molar-refractivity contribution in [3.05, 3.63) is 59.7 Å². The first-order valence-corrected chi connectivity index (χ1v) is 7.01. The van der Waals surface area contributed by atoms with Crippen LogP contribution in [-0.2, 0) is 6.61 Å². The Kier molecular flexibility index (Phi) is 4.23. The van der Waals surface area contributed by atoms with E-state index < -0.39 is 0 Å². The molecule has 23 heavy (non-hydrogen) atoms. The zero-order valence-electron chi connectivity index (χ0n) is 12.7. The second-order valence-electron chi connectivity index (χ2n) is 4.94. The Bertz CT molecular complexity index is 800. The Morgan fingerprint density at radius 2 is 1.83 bits per heavy atom. The molecule has 0 saturated heterocycles. The van der Waals surface area contributed by atoms with Crippen LogP contribution in [0.15, 0.2) is 47.0 Å². The molecule has 0 atom stereocenters. The summed E-state index contributed by atoms with van der Waals surface area (Å²) in [6, 6.07) is 11.9. The maximum atomic E-state index is 13.2. The summed E-state index contributed by atoms with van der Waals surface area (Å²) in [5.41, 5.74) is 1.32. The molecule has 0 amide bonds. The standard InChI is InChI=1S/C17H15FN2O3/c1-11-9-14(7-8-15(11)18)22-10-16-19-17(23-20-16)12-3-5-13(21-2)6-4-12/h3-9H,10H2,1-2H3. The first-order chi connectivity index (χ1) is 11.2. The van der Waals surface area contributed by atoms with E-state index in [1.165, 1.54) is 6.07 Å². The largest absolute Gasteiger partial charge is 0.497 e. The van der Waals surface area contributed by atoms with Crippen LogP contribution in [0.1, 0.15) is 11.4 Å². The predicted octanol–water partition coefficient (Wildman–Crippen LogP) is 3.77. The molecule has 6 heteroatoms. The van der Waals surface area contributed by atoms with Gasteiger partial charge in [-0.1, -0.05) is 5.16 Å². The van der Waals surface area contributed by atoms with E-state index in [1.807, 2.05) is 24.3 Å². The quantitative estimate of drug-likeness (QED) is 0.717. The van der Waals surface area contributed by atoms with E-state index >= 15 is 0 Å². The highest BCUT2D eigenvalue weighted by molar-refractivity contribution is 5.54. The van der Waals surface area contributed by atoms with Gasteiger partial charge < -0.3 is 14.0 Å². The zero-order valence-corrected chi connectivity index (χ0v) is 12.7. The van der Waals surface area contributed by atoms with Gasteiger partial charge in [-0.25, -0.2) is 4.39 Å². The van der Waals surface area contributed by atoms with Crippen LogP contribution in [0.3, 0.4) is 0 Å². The third kappa shape index (κ3) is 3.48. The number of benzene rings is 2. The number of nitrogens with zero attached hydrogens (tertiary/aromatic N) is 2. The summed E-state index contributed by atoms with van der Waals surface area (Å²) in [7, 11) is 1.61. The smallest absolute Gasteiger partial charge is 0.258 e. The monoisotopic (exact) mass is 314 g/mol. The fraction of sp³-hybridized carbons (Fsp3) is 0.176. The van der Waals surface area contributed by atoms with Crippen molar-refractivity contribution in [1.82, 2.24) is 10.1 Å². The summed E-state index contributed by atoms with van der Waals surface area (Å²) in [5, 5.41) is 3.87. The van der Waals surface area contributed by atoms with Crippen molar-refractivity contribution in [3.8, 4) is 23.0 Å². The minimum absolute atomic E-state index is 0.144. The van der Waals surface area contributed by atoms with Gasteiger partial charge in [0.05, 0.1) is 7.11 Å². The lowest BCUT2D eigenvalue weighted by molar-refractivity contribution is 0.286. The molecule has 0 fully saturated rings. The maximum Gasteiger partial charge on any atom is 0.258 e. The van der Waals surface area contributed by atoms with E-state index in [0.717, 1.165) is 11.3 Å². The van der Waals surface area contributed by atoms with Crippen molar-refractivity contribution >= 4 is 0 Å². The van der Waals surface area contributed by atoms with Gasteiger partial charge in [-0.15, -0.1) is 0 Å². The van der Waals surface area contributed by atoms with Crippen molar-refractivity contribution in [1.29, 1.82) is 0 Å². The molecule has 0 spiro atoms. The van der Waals surface area contributed by atoms with Gasteiger partial charge in [0.2, 0.25) is 5.82 Å². The van der Waals surface area contributed by atoms with Gasteiger partial charge in [0, 0.05) is 5.56 Å². The minimum Gasteiger partial charge on any atom is -0.497 e. The summed E-state index contributed by atoms with van der Waals surface area (Å²) >= 11 is 0. The summed E-state index contributed by atoms with van der Waals surface area (Å²) in [4.78, 5) is 4.27. The number of aryl methyl sites for hydroxylation is 1. The van der Waals surface area contributed by atoms with Gasteiger partial charge in [0.1, 0.15) is 17.3 Å². The van der Waals surface area contributed by atoms with E-state index in [4.69, 9.17) is 14.0 Å². The van der Waals surface area contributed by atoms with Crippen LogP contribution >= 0.6 is 0 Å². The lowest BCUT2D eigenvalue weighted by atomic mass is 10.2. The van der Waals surface area contributed by atoms with E-state index in [9.17, 15) is 4.39 Å². The van der Waals surface area contributed by atoms with Gasteiger partial charge in [-0.2, -0.15) is 4.98 Å². The molecular formula is C17H15FN2O3. The van der Waals surface area contributed by atoms with Gasteiger partial charge in [0.25, 0.3) is 5.89 Å². The number of ether oxygens (including phenoxy) is 2. The third-order valence-corrected chi connectivity index (χ3v) is 3.30. The van der Waals surface area contributed by atoms with Crippen LogP contribution in [0, 0.1) is 12.7 Å². The van der Waals surface area contributed by atoms with Gasteiger partial charge >= 0.3 is 0 Å². The summed E-state index contributed by atoms with van der Waals surface area (Å²) in [5.74, 6) is 1.86. The molecule has 0 aliphatic rings. The lowest BCUT2D eigenvalue weighted by Crippen LogP contribution is -1.98. The average molecular weight is 314 g/mol. The SMILES string of the molecule is COc1ccc(-c2nc(COc3ccc(F)c(C)c3)no2)cc1. The molecule has 0 bridgehead atoms. The highest BCUT2D eigenvalue weighted by Gasteiger charge is 2.10. The van der Waals surface area contributed by atoms with Crippen LogP contribution in [-0.4, -0.2) is 17.3 Å². The fourth-order valence-corrected chi connectivity index (χ4v) is 2.02. The molecular weight excluding hydrogens is 299 g/mol. The van der Waals surface area contributed by atoms with E-state index in [1.54, 1.807) is 26.2 Å². The Balaban J connectivity index is 1.67. The molecule has 0 aliphatic carbocycles. The van der Waals surface area contributed by atoms with Gasteiger partial charge in [-0.3, -0.25) is 0 Å². The zero-order chi connectivity index (χ0) is 16.2. The molecule has 1 heterocycles. The van der Waals surface area contributed by atoms with E-state index in [0.29, 0.717) is 23.0 Å². The van der Waals surface area contributed by atoms with Gasteiger partial charge in [0.15, 0.2) is 6.61 Å². The van der Waals surface area contributed by atoms with Crippen LogP contribution in [0.4, 0.5) is 4.39 Å². The molecule has 5 nitrogen and oxygen atoms in total. The Morgan fingerprint density at radius 3 is 2.52 bits per heavy atom. The van der Waals surface area contributed by atoms with Crippen molar-refractivity contribution in [2.75, 3.05) is 7.11 Å². The fourth-order valence-electron chi connectivity index (χ4n) is 2.02. The summed E-state index contributed by atoms with van der Waals surface area (Å²) < 4.78 is 29.1. The highest BCUT2D eigenvalue weighted by atomic mass is 19.1. The second kappa shape index (κ2) is 6.48. The average Bonchev–Trinajstić information content (AvgIpc) is 3.05. The van der Waals surface area contributed by atoms with Gasteiger partial charge in [-0.05, 0) is 55.0 Å². The first-order valence-electron chi connectivity index (χ1n) is 7.01. The maximum absolute atomic E-state index is 13.2. The van der Waals surface area contributed by atoms with E-state index in [-0.39, 0.29) is 12.4 Å². The minimum atomic E-state index is -0.265. The Hall–Kier alpha value is -2.89. The second-order valence-corrected chi connectivity index (χ2v) is 4.94. The molecule has 0 saturated carbocycles. The van der Waals surface area contributed by atoms with Crippen LogP contribution in [0.25, 0.3) is 11.5 Å². The molecule has 0 N–H and O–H groups in total. The van der Waals surface area contributed by atoms with Crippen molar-refractivity contribution in [2.24, 2.45) is 0 Å². The molecule has 118 valence electrons. The predicted molar refractivity (Wildman–Crippen MR) is 81.8 cm³/mol.